The highest BCUT2D eigenvalue weighted by molar-refractivity contribution is 7.10. The van der Waals surface area contributed by atoms with Gasteiger partial charge in [0.2, 0.25) is 5.91 Å². The highest BCUT2D eigenvalue weighted by Crippen LogP contribution is 2.27. The summed E-state index contributed by atoms with van der Waals surface area (Å²) in [7, 11) is 0. The molecule has 122 valence electrons. The van der Waals surface area contributed by atoms with Gasteiger partial charge in [-0.05, 0) is 50.2 Å². The van der Waals surface area contributed by atoms with Crippen molar-refractivity contribution in [3.63, 3.8) is 0 Å². The van der Waals surface area contributed by atoms with Crippen LogP contribution >= 0.6 is 11.3 Å². The van der Waals surface area contributed by atoms with Crippen molar-refractivity contribution in [1.29, 1.82) is 0 Å². The fourth-order valence-corrected chi connectivity index (χ4v) is 4.25. The van der Waals surface area contributed by atoms with Gasteiger partial charge in [0.25, 0.3) is 0 Å². The van der Waals surface area contributed by atoms with Crippen LogP contribution in [0.2, 0.25) is 0 Å². The van der Waals surface area contributed by atoms with E-state index in [-0.39, 0.29) is 12.0 Å². The van der Waals surface area contributed by atoms with Crippen molar-refractivity contribution in [2.24, 2.45) is 0 Å². The van der Waals surface area contributed by atoms with E-state index in [0.717, 1.165) is 32.5 Å². The molecule has 0 aliphatic carbocycles. The van der Waals surface area contributed by atoms with Gasteiger partial charge in [0.1, 0.15) is 6.10 Å². The molecule has 4 nitrogen and oxygen atoms in total. The van der Waals surface area contributed by atoms with Gasteiger partial charge in [0.05, 0.1) is 6.04 Å². The lowest BCUT2D eigenvalue weighted by atomic mass is 10.1. The molecule has 3 heterocycles. The van der Waals surface area contributed by atoms with Gasteiger partial charge in [0, 0.05) is 18.0 Å². The monoisotopic (exact) mass is 322 g/mol. The number of hydrogen-bond donors (Lipinski definition) is 1. The molecule has 0 aromatic carbocycles. The third-order valence-electron chi connectivity index (χ3n) is 4.64. The number of carbonyl (C=O) groups excluding carboxylic acids is 1. The van der Waals surface area contributed by atoms with Crippen molar-refractivity contribution in [2.45, 2.75) is 50.7 Å². The summed E-state index contributed by atoms with van der Waals surface area (Å²) in [5, 5.41) is 5.26. The Morgan fingerprint density at radius 2 is 2.14 bits per heavy atom. The van der Waals surface area contributed by atoms with Crippen molar-refractivity contribution in [1.82, 2.24) is 10.2 Å². The van der Waals surface area contributed by atoms with Crippen LogP contribution in [0, 0.1) is 0 Å². The molecular formula is C17H26N2O2S. The fraction of sp³-hybridized carbons (Fsp3) is 0.706. The van der Waals surface area contributed by atoms with E-state index >= 15 is 0 Å². The fourth-order valence-electron chi connectivity index (χ4n) is 3.39. The highest BCUT2D eigenvalue weighted by atomic mass is 32.1. The van der Waals surface area contributed by atoms with Crippen LogP contribution < -0.4 is 5.32 Å². The topological polar surface area (TPSA) is 41.6 Å². The lowest BCUT2D eigenvalue weighted by Gasteiger charge is -2.30. The van der Waals surface area contributed by atoms with Crippen LogP contribution in [0.3, 0.4) is 0 Å². The zero-order valence-corrected chi connectivity index (χ0v) is 13.9. The van der Waals surface area contributed by atoms with Gasteiger partial charge >= 0.3 is 0 Å². The number of ether oxygens (including phenoxy) is 1. The number of amides is 1. The lowest BCUT2D eigenvalue weighted by molar-refractivity contribution is -0.130. The Hall–Kier alpha value is -0.910. The summed E-state index contributed by atoms with van der Waals surface area (Å²) >= 11 is 1.79. The van der Waals surface area contributed by atoms with Crippen LogP contribution in [-0.2, 0) is 9.53 Å². The molecule has 2 saturated heterocycles. The van der Waals surface area contributed by atoms with Gasteiger partial charge in [-0.3, -0.25) is 9.69 Å². The molecule has 0 spiro atoms. The van der Waals surface area contributed by atoms with Crippen molar-refractivity contribution >= 4 is 17.2 Å². The van der Waals surface area contributed by atoms with Gasteiger partial charge in [-0.2, -0.15) is 0 Å². The van der Waals surface area contributed by atoms with E-state index in [1.807, 2.05) is 0 Å². The minimum atomic E-state index is -0.229. The third-order valence-corrected chi connectivity index (χ3v) is 5.62. The van der Waals surface area contributed by atoms with Crippen LogP contribution in [0.1, 0.15) is 49.4 Å². The van der Waals surface area contributed by atoms with E-state index in [1.165, 1.54) is 30.6 Å². The molecule has 22 heavy (non-hydrogen) atoms. The lowest BCUT2D eigenvalue weighted by Crippen LogP contribution is -2.41. The summed E-state index contributed by atoms with van der Waals surface area (Å²) in [6.45, 7) is 3.69. The Morgan fingerprint density at radius 1 is 1.32 bits per heavy atom. The van der Waals surface area contributed by atoms with E-state index in [0.29, 0.717) is 12.6 Å². The maximum atomic E-state index is 12.2. The van der Waals surface area contributed by atoms with Crippen molar-refractivity contribution in [3.05, 3.63) is 22.4 Å². The second-order valence-electron chi connectivity index (χ2n) is 6.23. The molecule has 2 aliphatic heterocycles. The molecule has 0 bridgehead atoms. The smallest absolute Gasteiger partial charge is 0.249 e. The number of nitrogens with zero attached hydrogens (tertiary/aromatic N) is 1. The standard InChI is InChI=1S/C17H26N2O2S/c20-17(15-7-5-11-21-15)18-13-14(16-8-6-12-22-16)19-9-3-1-2-4-10-19/h6,8,12,14-15H,1-5,7,9-11,13H2,(H,18,20). The van der Waals surface area contributed by atoms with E-state index in [9.17, 15) is 4.79 Å². The van der Waals surface area contributed by atoms with Crippen LogP contribution in [0.5, 0.6) is 0 Å². The largest absolute Gasteiger partial charge is 0.368 e. The number of thiophene rings is 1. The SMILES string of the molecule is O=C(NCC(c1cccs1)N1CCCCCC1)C1CCCO1. The molecule has 0 radical (unpaired) electrons. The average molecular weight is 322 g/mol. The summed E-state index contributed by atoms with van der Waals surface area (Å²) in [6, 6.07) is 4.61. The minimum absolute atomic E-state index is 0.0638. The number of likely N-dealkylation sites (tertiary alicyclic amines) is 1. The summed E-state index contributed by atoms with van der Waals surface area (Å²) in [5.74, 6) is 0.0638. The first kappa shape index (κ1) is 16.0. The quantitative estimate of drug-likeness (QED) is 0.906. The van der Waals surface area contributed by atoms with Gasteiger partial charge in [-0.25, -0.2) is 0 Å². The minimum Gasteiger partial charge on any atom is -0.368 e. The van der Waals surface area contributed by atoms with Gasteiger partial charge < -0.3 is 10.1 Å². The first-order valence-electron chi connectivity index (χ1n) is 8.51. The van der Waals surface area contributed by atoms with Crippen molar-refractivity contribution in [3.8, 4) is 0 Å². The van der Waals surface area contributed by atoms with Gasteiger partial charge in [-0.15, -0.1) is 11.3 Å². The Labute approximate surface area is 136 Å². The van der Waals surface area contributed by atoms with E-state index < -0.39 is 0 Å². The maximum Gasteiger partial charge on any atom is 0.249 e. The highest BCUT2D eigenvalue weighted by Gasteiger charge is 2.27. The number of rotatable bonds is 5. The molecule has 2 atom stereocenters. The molecule has 1 N–H and O–H groups in total. The predicted octanol–water partition coefficient (Wildman–Crippen LogP) is 2.96. The third kappa shape index (κ3) is 4.09. The summed E-state index contributed by atoms with van der Waals surface area (Å²) in [4.78, 5) is 16.1. The number of hydrogen-bond acceptors (Lipinski definition) is 4. The van der Waals surface area contributed by atoms with Crippen LogP contribution in [0.25, 0.3) is 0 Å². The molecule has 2 unspecified atom stereocenters. The second-order valence-corrected chi connectivity index (χ2v) is 7.21. The van der Waals surface area contributed by atoms with Crippen molar-refractivity contribution in [2.75, 3.05) is 26.2 Å². The van der Waals surface area contributed by atoms with Crippen LogP contribution in [0.15, 0.2) is 17.5 Å². The Bertz CT molecular complexity index is 449. The van der Waals surface area contributed by atoms with Gasteiger partial charge in [-0.1, -0.05) is 18.9 Å². The average Bonchev–Trinajstić information content (AvgIpc) is 3.18. The molecule has 0 saturated carbocycles. The number of carbonyl (C=O) groups is 1. The molecular weight excluding hydrogens is 296 g/mol. The first-order valence-corrected chi connectivity index (χ1v) is 9.39. The zero-order valence-electron chi connectivity index (χ0n) is 13.1. The molecule has 2 fully saturated rings. The van der Waals surface area contributed by atoms with Crippen LogP contribution in [-0.4, -0.2) is 43.2 Å². The van der Waals surface area contributed by atoms with Gasteiger partial charge in [0.15, 0.2) is 0 Å². The van der Waals surface area contributed by atoms with E-state index in [1.54, 1.807) is 11.3 Å². The molecule has 1 aromatic rings. The molecule has 3 rings (SSSR count). The predicted molar refractivity (Wildman–Crippen MR) is 89.1 cm³/mol. The van der Waals surface area contributed by atoms with Crippen molar-refractivity contribution < 1.29 is 9.53 Å². The molecule has 1 amide bonds. The Kier molecular flexibility index (Phi) is 5.87. The van der Waals surface area contributed by atoms with E-state index in [2.05, 4.69) is 27.7 Å². The molecule has 1 aromatic heterocycles. The normalized spacial score (nSPS) is 24.8. The Morgan fingerprint density at radius 3 is 2.77 bits per heavy atom. The number of nitrogens with one attached hydrogen (secondary N) is 1. The summed E-state index contributed by atoms with van der Waals surface area (Å²) in [5.41, 5.74) is 0. The van der Waals surface area contributed by atoms with E-state index in [4.69, 9.17) is 4.74 Å². The summed E-state index contributed by atoms with van der Waals surface area (Å²) in [6.07, 6.45) is 6.82. The molecule has 2 aliphatic rings. The zero-order chi connectivity index (χ0) is 15.2. The Balaban J connectivity index is 1.62. The van der Waals surface area contributed by atoms with Crippen LogP contribution in [0.4, 0.5) is 0 Å². The molecule has 5 heteroatoms. The second kappa shape index (κ2) is 8.09. The summed E-state index contributed by atoms with van der Waals surface area (Å²) < 4.78 is 5.48. The first-order chi connectivity index (χ1) is 10.8. The maximum absolute atomic E-state index is 12.2.